The molecule has 2 aliphatic heterocycles. The van der Waals surface area contributed by atoms with Crippen LogP contribution in [0.1, 0.15) is 60.6 Å². The average molecular weight is 465 g/mol. The normalized spacial score (nSPS) is 29.5. The van der Waals surface area contributed by atoms with Crippen LogP contribution in [0.4, 0.5) is 10.1 Å². The summed E-state index contributed by atoms with van der Waals surface area (Å²) >= 11 is 0. The fourth-order valence-corrected chi connectivity index (χ4v) is 5.16. The molecule has 3 aromatic rings. The third-order valence-electron chi connectivity index (χ3n) is 7.62. The van der Waals surface area contributed by atoms with E-state index in [9.17, 15) is 14.0 Å². The molecule has 5 aliphatic rings. The lowest BCUT2D eigenvalue weighted by Gasteiger charge is -2.33. The molecular weight excluding hydrogens is 441 g/mol. The van der Waals surface area contributed by atoms with Crippen molar-refractivity contribution in [3.05, 3.63) is 52.3 Å². The molecule has 0 unspecified atom stereocenters. The number of nitrogens with one attached hydrogen (secondary N) is 1. The highest BCUT2D eigenvalue weighted by Crippen LogP contribution is 2.51. The van der Waals surface area contributed by atoms with Crippen LogP contribution < -0.4 is 15.6 Å². The summed E-state index contributed by atoms with van der Waals surface area (Å²) in [6, 6.07) is 2.69. The fourth-order valence-electron chi connectivity index (χ4n) is 5.16. The largest absolute Gasteiger partial charge is 0.474 e. The van der Waals surface area contributed by atoms with Crippen LogP contribution in [0.25, 0.3) is 5.78 Å². The van der Waals surface area contributed by atoms with E-state index in [1.807, 2.05) is 6.20 Å². The second-order valence-corrected chi connectivity index (χ2v) is 9.99. The van der Waals surface area contributed by atoms with E-state index in [0.717, 1.165) is 37.8 Å². The number of alkyl halides is 1. The Hall–Kier alpha value is -3.27. The van der Waals surface area contributed by atoms with Crippen molar-refractivity contribution in [1.29, 1.82) is 0 Å². The molecule has 8 rings (SSSR count). The van der Waals surface area contributed by atoms with Crippen molar-refractivity contribution in [2.24, 2.45) is 0 Å². The van der Waals surface area contributed by atoms with E-state index in [4.69, 9.17) is 14.5 Å². The van der Waals surface area contributed by atoms with Crippen LogP contribution >= 0.6 is 0 Å². The zero-order valence-electron chi connectivity index (χ0n) is 18.4. The number of rotatable bonds is 6. The molecule has 2 bridgehead atoms. The smallest absolute Gasteiger partial charge is 0.274 e. The third kappa shape index (κ3) is 3.08. The van der Waals surface area contributed by atoms with E-state index in [-0.39, 0.29) is 28.6 Å². The molecular formula is C24H24FN5O4. The minimum absolute atomic E-state index is 0.00968. The maximum atomic E-state index is 13.5. The number of carbonyl (C=O) groups is 1. The number of fused-ring (bicyclic) bond motifs is 2. The van der Waals surface area contributed by atoms with Crippen LogP contribution in [0.15, 0.2) is 35.5 Å². The Morgan fingerprint density at radius 1 is 1.26 bits per heavy atom. The van der Waals surface area contributed by atoms with Gasteiger partial charge in [0.2, 0.25) is 11.7 Å². The van der Waals surface area contributed by atoms with Gasteiger partial charge < -0.3 is 19.4 Å². The number of hydrogen-bond acceptors (Lipinski definition) is 6. The number of pyridine rings is 1. The quantitative estimate of drug-likeness (QED) is 0.601. The number of halogens is 1. The number of hydrogen-bond donors (Lipinski definition) is 1. The van der Waals surface area contributed by atoms with Crippen molar-refractivity contribution in [1.82, 2.24) is 18.9 Å². The molecule has 0 aromatic carbocycles. The maximum Gasteiger partial charge on any atom is 0.274 e. The van der Waals surface area contributed by atoms with Gasteiger partial charge in [-0.2, -0.15) is 4.98 Å². The summed E-state index contributed by atoms with van der Waals surface area (Å²) in [7, 11) is 0. The average Bonchev–Trinajstić information content (AvgIpc) is 3.15. The minimum atomic E-state index is -1.02. The molecule has 3 aromatic heterocycles. The molecule has 3 saturated carbocycles. The molecule has 5 heterocycles. The van der Waals surface area contributed by atoms with Crippen molar-refractivity contribution in [2.45, 2.75) is 68.4 Å². The third-order valence-corrected chi connectivity index (χ3v) is 7.62. The number of nitrogens with zero attached hydrogens (tertiary/aromatic N) is 4. The molecule has 5 fully saturated rings. The molecule has 0 radical (unpaired) electrons. The van der Waals surface area contributed by atoms with Crippen molar-refractivity contribution < 1.29 is 18.7 Å². The maximum absolute atomic E-state index is 13.5. The van der Waals surface area contributed by atoms with Crippen LogP contribution in [-0.2, 0) is 10.2 Å². The summed E-state index contributed by atoms with van der Waals surface area (Å²) in [6.07, 6.45) is 9.52. The molecule has 1 amide bonds. The number of imidazole rings is 1. The topological polar surface area (TPSA) is 99.8 Å². The van der Waals surface area contributed by atoms with E-state index in [0.29, 0.717) is 24.9 Å². The highest BCUT2D eigenvalue weighted by Gasteiger charge is 2.54. The van der Waals surface area contributed by atoms with E-state index < -0.39 is 23.7 Å². The van der Waals surface area contributed by atoms with Gasteiger partial charge >= 0.3 is 0 Å². The van der Waals surface area contributed by atoms with Gasteiger partial charge in [0, 0.05) is 30.4 Å². The van der Waals surface area contributed by atoms with Crippen molar-refractivity contribution in [3.8, 4) is 5.88 Å². The van der Waals surface area contributed by atoms with E-state index in [1.54, 1.807) is 22.9 Å². The van der Waals surface area contributed by atoms with Gasteiger partial charge in [0.25, 0.3) is 11.5 Å². The first-order valence-electron chi connectivity index (χ1n) is 11.8. The molecule has 9 nitrogen and oxygen atoms in total. The Kier molecular flexibility index (Phi) is 4.21. The lowest BCUT2D eigenvalue weighted by Crippen LogP contribution is -2.37. The van der Waals surface area contributed by atoms with Gasteiger partial charge in [-0.3, -0.25) is 14.0 Å². The molecule has 176 valence electrons. The molecule has 0 spiro atoms. The summed E-state index contributed by atoms with van der Waals surface area (Å²) in [5.74, 6) is 0.170. The predicted octanol–water partition coefficient (Wildman–Crippen LogP) is 2.79. The predicted molar refractivity (Wildman–Crippen MR) is 119 cm³/mol. The van der Waals surface area contributed by atoms with Crippen molar-refractivity contribution in [2.75, 3.05) is 11.9 Å². The summed E-state index contributed by atoms with van der Waals surface area (Å²) in [4.78, 5) is 35.4. The van der Waals surface area contributed by atoms with E-state index in [2.05, 4.69) is 10.3 Å². The van der Waals surface area contributed by atoms with Crippen LogP contribution in [0.3, 0.4) is 0 Å². The summed E-state index contributed by atoms with van der Waals surface area (Å²) in [5.41, 5.74) is 0.732. The first kappa shape index (κ1) is 20.1. The van der Waals surface area contributed by atoms with Gasteiger partial charge in [-0.1, -0.05) is 0 Å². The number of aromatic nitrogens is 4. The van der Waals surface area contributed by atoms with Crippen LogP contribution in [0, 0.1) is 0 Å². The van der Waals surface area contributed by atoms with Crippen LogP contribution in [0.5, 0.6) is 5.88 Å². The Labute approximate surface area is 193 Å². The Balaban J connectivity index is 1.24. The SMILES string of the molecule is O=C(Nc1cccn([C@H]2C[C@H]2F)c1=O)c1cn2cc(C34COC(C3)C4)nc2nc1OC1CCC1. The minimum Gasteiger partial charge on any atom is -0.474 e. The molecule has 2 saturated heterocycles. The summed E-state index contributed by atoms with van der Waals surface area (Å²) in [6.45, 7) is 0.654. The zero-order chi connectivity index (χ0) is 23.0. The van der Waals surface area contributed by atoms with Gasteiger partial charge in [-0.05, 0) is 44.2 Å². The summed E-state index contributed by atoms with van der Waals surface area (Å²) < 4.78 is 28.4. The number of carbonyl (C=O) groups excluding carboxylic acids is 1. The molecule has 10 heteroatoms. The Morgan fingerprint density at radius 3 is 2.76 bits per heavy atom. The van der Waals surface area contributed by atoms with Gasteiger partial charge in [0.05, 0.1) is 24.4 Å². The number of amides is 1. The monoisotopic (exact) mass is 465 g/mol. The van der Waals surface area contributed by atoms with Crippen molar-refractivity contribution >= 4 is 17.4 Å². The van der Waals surface area contributed by atoms with Gasteiger partial charge in [0.1, 0.15) is 23.5 Å². The fraction of sp³-hybridized carbons (Fsp3) is 0.500. The molecule has 3 aliphatic carbocycles. The lowest BCUT2D eigenvalue weighted by atomic mass is 9.68. The van der Waals surface area contributed by atoms with E-state index >= 15 is 0 Å². The highest BCUT2D eigenvalue weighted by molar-refractivity contribution is 6.05. The van der Waals surface area contributed by atoms with E-state index in [1.165, 1.54) is 10.6 Å². The van der Waals surface area contributed by atoms with Crippen LogP contribution in [0.2, 0.25) is 0 Å². The first-order chi connectivity index (χ1) is 16.5. The zero-order valence-corrected chi connectivity index (χ0v) is 18.4. The second kappa shape index (κ2) is 7.11. The first-order valence-corrected chi connectivity index (χ1v) is 11.8. The molecule has 2 atom stereocenters. The van der Waals surface area contributed by atoms with Gasteiger partial charge in [-0.25, -0.2) is 9.37 Å². The summed E-state index contributed by atoms with van der Waals surface area (Å²) in [5, 5.41) is 2.69. The van der Waals surface area contributed by atoms with Gasteiger partial charge in [0.15, 0.2) is 0 Å². The molecule has 1 N–H and O–H groups in total. The highest BCUT2D eigenvalue weighted by atomic mass is 19.1. The number of ether oxygens (including phenoxy) is 2. The van der Waals surface area contributed by atoms with Crippen LogP contribution in [-0.4, -0.2) is 49.8 Å². The molecule has 34 heavy (non-hydrogen) atoms. The van der Waals surface area contributed by atoms with Crippen molar-refractivity contribution in [3.63, 3.8) is 0 Å². The second-order valence-electron chi connectivity index (χ2n) is 9.99. The van der Waals surface area contributed by atoms with Gasteiger partial charge in [-0.15, -0.1) is 0 Å². The Morgan fingerprint density at radius 2 is 2.09 bits per heavy atom. The standard InChI is InChI=1S/C24H24FN5O4/c25-16-7-18(16)30-6-2-5-17(22(30)32)26-20(31)15-10-29-11-19(24-8-14(9-24)33-12-24)27-23(29)28-21(15)34-13-3-1-4-13/h2,5-6,10-11,13-14,16,18H,1,3-4,7-9,12H2,(H,26,31)/t14?,16-,18+,24?/m1/s1. The number of anilines is 1. The lowest BCUT2D eigenvalue weighted by molar-refractivity contribution is 0.0979. The Bertz CT molecular complexity index is 1370.